The molecular formula is C25H32N4O4Si. The van der Waals surface area contributed by atoms with Crippen LogP contribution in [-0.2, 0) is 11.5 Å². The molecule has 1 fully saturated rings. The van der Waals surface area contributed by atoms with Gasteiger partial charge in [-0.05, 0) is 41.6 Å². The Morgan fingerprint density at radius 1 is 1.18 bits per heavy atom. The lowest BCUT2D eigenvalue weighted by Gasteiger charge is -2.23. The molecule has 0 aliphatic carbocycles. The van der Waals surface area contributed by atoms with E-state index in [0.717, 1.165) is 47.1 Å². The van der Waals surface area contributed by atoms with Gasteiger partial charge in [0.25, 0.3) is 0 Å². The number of aromatic nitrogens is 3. The maximum atomic E-state index is 11.8. The first-order valence-electron chi connectivity index (χ1n) is 11.7. The number of pyridine rings is 1. The van der Waals surface area contributed by atoms with Crippen molar-refractivity contribution < 1.29 is 14.6 Å². The van der Waals surface area contributed by atoms with Gasteiger partial charge in [0, 0.05) is 33.5 Å². The summed E-state index contributed by atoms with van der Waals surface area (Å²) in [5, 5.41) is 9.66. The second kappa shape index (κ2) is 9.98. The lowest BCUT2D eigenvalue weighted by Crippen LogP contribution is -2.31. The summed E-state index contributed by atoms with van der Waals surface area (Å²) in [6.07, 6.45) is 4.10. The number of hydrogen-bond acceptors (Lipinski definition) is 4. The van der Waals surface area contributed by atoms with Gasteiger partial charge in [0.15, 0.2) is 0 Å². The van der Waals surface area contributed by atoms with E-state index in [9.17, 15) is 14.7 Å². The molecule has 0 bridgehead atoms. The summed E-state index contributed by atoms with van der Waals surface area (Å²) >= 11 is 0. The van der Waals surface area contributed by atoms with Gasteiger partial charge < -0.3 is 19.4 Å². The highest BCUT2D eigenvalue weighted by atomic mass is 28.3. The normalized spacial score (nSPS) is 16.2. The van der Waals surface area contributed by atoms with E-state index in [2.05, 4.69) is 29.6 Å². The Balaban J connectivity index is 1.64. The number of ether oxygens (including phenoxy) is 1. The van der Waals surface area contributed by atoms with Crippen molar-refractivity contribution in [2.45, 2.75) is 51.3 Å². The van der Waals surface area contributed by atoms with E-state index >= 15 is 0 Å². The number of amides is 1. The molecule has 3 heterocycles. The van der Waals surface area contributed by atoms with Crippen LogP contribution in [-0.4, -0.2) is 51.9 Å². The second-order valence-corrected chi connectivity index (χ2v) is 15.6. The molecule has 1 amide bonds. The number of likely N-dealkylation sites (tertiary alicyclic amines) is 1. The number of benzene rings is 1. The number of H-pyrrole nitrogens is 1. The second-order valence-electron chi connectivity index (χ2n) is 9.93. The number of nitrogens with one attached hydrogen (secondary N) is 1. The van der Waals surface area contributed by atoms with Crippen LogP contribution >= 0.6 is 0 Å². The van der Waals surface area contributed by atoms with E-state index in [-0.39, 0.29) is 11.6 Å². The van der Waals surface area contributed by atoms with E-state index in [4.69, 9.17) is 4.74 Å². The summed E-state index contributed by atoms with van der Waals surface area (Å²) in [5.74, 6) is 0.724. The predicted molar refractivity (Wildman–Crippen MR) is 135 cm³/mol. The van der Waals surface area contributed by atoms with Gasteiger partial charge in [-0.2, -0.15) is 0 Å². The zero-order valence-electron chi connectivity index (χ0n) is 20.0. The Kier molecular flexibility index (Phi) is 7.04. The zero-order chi connectivity index (χ0) is 24.3. The van der Waals surface area contributed by atoms with E-state index in [1.807, 2.05) is 34.9 Å². The predicted octanol–water partition coefficient (Wildman–Crippen LogP) is 5.03. The summed E-state index contributed by atoms with van der Waals surface area (Å²) in [7, 11) is -1.22. The lowest BCUT2D eigenvalue weighted by molar-refractivity contribution is 0.0815. The lowest BCUT2D eigenvalue weighted by atomic mass is 10.0. The van der Waals surface area contributed by atoms with Crippen molar-refractivity contribution in [2.24, 2.45) is 0 Å². The molecular weight excluding hydrogens is 448 g/mol. The Morgan fingerprint density at radius 3 is 2.59 bits per heavy atom. The minimum absolute atomic E-state index is 0.140. The van der Waals surface area contributed by atoms with Gasteiger partial charge in [-0.1, -0.05) is 43.9 Å². The van der Waals surface area contributed by atoms with Crippen LogP contribution in [0, 0.1) is 0 Å². The number of hydrogen-bond donors (Lipinski definition) is 2. The fourth-order valence-electron chi connectivity index (χ4n) is 4.28. The first-order valence-corrected chi connectivity index (χ1v) is 15.4. The van der Waals surface area contributed by atoms with Crippen molar-refractivity contribution in [3.05, 3.63) is 65.0 Å². The average Bonchev–Trinajstić information content (AvgIpc) is 3.43. The zero-order valence-corrected chi connectivity index (χ0v) is 21.0. The molecule has 1 aliphatic rings. The monoisotopic (exact) mass is 480 g/mol. The van der Waals surface area contributed by atoms with Crippen LogP contribution < -0.4 is 5.56 Å². The Morgan fingerprint density at radius 2 is 1.91 bits per heavy atom. The largest absolute Gasteiger partial charge is 0.465 e. The van der Waals surface area contributed by atoms with Crippen molar-refractivity contribution >= 4 is 14.2 Å². The molecule has 3 aromatic rings. The van der Waals surface area contributed by atoms with Crippen LogP contribution in [0.3, 0.4) is 0 Å². The highest BCUT2D eigenvalue weighted by Crippen LogP contribution is 2.34. The fraction of sp³-hybridized carbons (Fsp3) is 0.400. The third kappa shape index (κ3) is 5.48. The molecule has 9 heteroatoms. The Bertz CT molecular complexity index is 1200. The first kappa shape index (κ1) is 24.0. The molecule has 0 radical (unpaired) electrons. The molecule has 8 nitrogen and oxygen atoms in total. The highest BCUT2D eigenvalue weighted by Gasteiger charge is 2.33. The quantitative estimate of drug-likeness (QED) is 0.348. The van der Waals surface area contributed by atoms with E-state index in [1.54, 1.807) is 18.5 Å². The number of carbonyl (C=O) groups is 1. The van der Waals surface area contributed by atoms with Gasteiger partial charge >= 0.3 is 6.09 Å². The highest BCUT2D eigenvalue weighted by molar-refractivity contribution is 6.76. The SMILES string of the molecule is C[Si](C)(C)CCOCn1c(-c2ccc(-c3cc[nH]c(=O)c3)cc2)cnc1C1CCCN1C(=O)O. The topological polar surface area (TPSA) is 100 Å². The molecule has 1 aliphatic heterocycles. The van der Waals surface area contributed by atoms with Crippen LogP contribution in [0.2, 0.25) is 25.7 Å². The van der Waals surface area contributed by atoms with Gasteiger partial charge in [-0.3, -0.25) is 9.69 Å². The molecule has 1 atom stereocenters. The Hall–Kier alpha value is -3.17. The molecule has 34 heavy (non-hydrogen) atoms. The number of carboxylic acid groups (broad SMARTS) is 1. The maximum Gasteiger partial charge on any atom is 0.407 e. The smallest absolute Gasteiger partial charge is 0.407 e. The van der Waals surface area contributed by atoms with Crippen LogP contribution in [0.4, 0.5) is 4.79 Å². The van der Waals surface area contributed by atoms with E-state index in [0.29, 0.717) is 19.9 Å². The molecule has 1 saturated heterocycles. The minimum atomic E-state index is -1.22. The van der Waals surface area contributed by atoms with E-state index < -0.39 is 14.2 Å². The van der Waals surface area contributed by atoms with Crippen molar-refractivity contribution in [2.75, 3.05) is 13.2 Å². The summed E-state index contributed by atoms with van der Waals surface area (Å²) in [4.78, 5) is 32.2. The molecule has 0 saturated carbocycles. The van der Waals surface area contributed by atoms with Crippen molar-refractivity contribution in [1.82, 2.24) is 19.4 Å². The third-order valence-corrected chi connectivity index (χ3v) is 7.89. The fourth-order valence-corrected chi connectivity index (χ4v) is 5.03. The molecule has 0 spiro atoms. The summed E-state index contributed by atoms with van der Waals surface area (Å²) in [6.45, 7) is 8.46. The summed E-state index contributed by atoms with van der Waals surface area (Å²) < 4.78 is 8.08. The average molecular weight is 481 g/mol. The molecule has 1 unspecified atom stereocenters. The molecule has 1 aromatic carbocycles. The molecule has 2 aromatic heterocycles. The Labute approximate surface area is 200 Å². The standard InChI is InChI=1S/C25H32N4O4Si/c1-34(2,3)14-13-33-17-29-22(16-27-24(29)21-5-4-12-28(21)25(31)32)19-8-6-18(7-9-19)20-10-11-26-23(30)15-20/h6-11,15-16,21H,4-5,12-14,17H2,1-3H3,(H,26,30)(H,31,32). The summed E-state index contributed by atoms with van der Waals surface area (Å²) in [5.41, 5.74) is 3.50. The van der Waals surface area contributed by atoms with Crippen LogP contribution in [0.5, 0.6) is 0 Å². The van der Waals surface area contributed by atoms with Gasteiger partial charge in [0.2, 0.25) is 5.56 Å². The van der Waals surface area contributed by atoms with Gasteiger partial charge in [-0.25, -0.2) is 9.78 Å². The maximum absolute atomic E-state index is 11.8. The third-order valence-electron chi connectivity index (χ3n) is 6.19. The molecule has 2 N–H and O–H groups in total. The number of aromatic amines is 1. The molecule has 4 rings (SSSR count). The first-order chi connectivity index (χ1) is 16.2. The molecule has 180 valence electrons. The number of nitrogens with zero attached hydrogens (tertiary/aromatic N) is 3. The number of rotatable bonds is 8. The summed E-state index contributed by atoms with van der Waals surface area (Å²) in [6, 6.07) is 12.2. The van der Waals surface area contributed by atoms with Gasteiger partial charge in [0.05, 0.1) is 17.9 Å². The van der Waals surface area contributed by atoms with Crippen molar-refractivity contribution in [1.29, 1.82) is 0 Å². The van der Waals surface area contributed by atoms with Crippen molar-refractivity contribution in [3.63, 3.8) is 0 Å². The van der Waals surface area contributed by atoms with Gasteiger partial charge in [-0.15, -0.1) is 0 Å². The van der Waals surface area contributed by atoms with Gasteiger partial charge in [0.1, 0.15) is 12.6 Å². The minimum Gasteiger partial charge on any atom is -0.465 e. The van der Waals surface area contributed by atoms with Crippen LogP contribution in [0.15, 0.2) is 53.6 Å². The van der Waals surface area contributed by atoms with Crippen LogP contribution in [0.25, 0.3) is 22.4 Å². The number of imidazole rings is 1. The van der Waals surface area contributed by atoms with Crippen LogP contribution in [0.1, 0.15) is 24.7 Å². The van der Waals surface area contributed by atoms with E-state index in [1.165, 1.54) is 4.90 Å². The van der Waals surface area contributed by atoms with Crippen molar-refractivity contribution in [3.8, 4) is 22.4 Å².